The van der Waals surface area contributed by atoms with E-state index in [2.05, 4.69) is 76.9 Å². The number of unbranched alkanes of at least 4 members (excludes halogenated alkanes) is 1. The molecule has 5 heterocycles. The first-order chi connectivity index (χ1) is 30.5. The summed E-state index contributed by atoms with van der Waals surface area (Å²) < 4.78 is 18.7. The molecule has 0 aliphatic carbocycles. The minimum absolute atomic E-state index is 0.261. The van der Waals surface area contributed by atoms with Crippen LogP contribution in [0.25, 0.3) is 11.8 Å². The second-order valence-electron chi connectivity index (χ2n) is 17.0. The van der Waals surface area contributed by atoms with Gasteiger partial charge in [0.15, 0.2) is 11.8 Å². The average molecular weight is 892 g/mol. The number of hydrogen-bond acceptors (Lipinski definition) is 13. The monoisotopic (exact) mass is 891 g/mol. The van der Waals surface area contributed by atoms with Gasteiger partial charge in [-0.25, -0.2) is 9.78 Å². The number of aromatic nitrogens is 2. The first-order valence-corrected chi connectivity index (χ1v) is 24.7. The fourth-order valence-corrected chi connectivity index (χ4v) is 10.5. The number of amides is 2. The van der Waals surface area contributed by atoms with E-state index in [0.717, 1.165) is 105 Å². The number of benzene rings is 3. The molecule has 1 aromatic heterocycles. The third kappa shape index (κ3) is 10.2. The van der Waals surface area contributed by atoms with Gasteiger partial charge in [0.25, 0.3) is 0 Å². The van der Waals surface area contributed by atoms with Crippen LogP contribution in [0, 0.1) is 0 Å². The van der Waals surface area contributed by atoms with Crippen LogP contribution in [-0.2, 0) is 25.5 Å². The maximum atomic E-state index is 12.9. The molecule has 4 aliphatic rings. The minimum atomic E-state index is -2.55. The van der Waals surface area contributed by atoms with E-state index in [9.17, 15) is 18.9 Å². The predicted molar refractivity (Wildman–Crippen MR) is 251 cm³/mol. The largest absolute Gasteiger partial charge is 0.494 e. The van der Waals surface area contributed by atoms with Gasteiger partial charge >= 0.3 is 0 Å². The summed E-state index contributed by atoms with van der Waals surface area (Å²) in [4.78, 5) is 54.9. The number of para-hydroxylation sites is 1. The number of carbonyl (C=O) groups excluding carboxylic acids is 3. The highest BCUT2D eigenvalue weighted by Crippen LogP contribution is 2.40. The molecule has 2 amide bonds. The molecular weight excluding hydrogens is 837 g/mol. The molecule has 4 aromatic rings. The molecule has 63 heavy (non-hydrogen) atoms. The van der Waals surface area contributed by atoms with Crippen molar-refractivity contribution in [2.75, 3.05) is 81.8 Å². The maximum Gasteiger partial charge on any atom is 0.249 e. The van der Waals surface area contributed by atoms with Crippen molar-refractivity contribution >= 4 is 82.4 Å². The molecule has 3 fully saturated rings. The molecule has 0 radical (unpaired) electrons. The van der Waals surface area contributed by atoms with Gasteiger partial charge in [-0.2, -0.15) is 4.98 Å². The first kappa shape index (κ1) is 44.1. The standard InChI is InChI=1S/C47H55ClN9O5P/c1-62-42-28-34(15-16-38(42)51-47-49-29-37(48)45(53-47)50-39-13-6-7-14-43(39)63(2,3)61)55-22-19-33(20-23-55)56-26-24-54(25-27-56)21-8-4-5-10-32-11-9-12-35-36(32)30-57(41(35)31-58)40-17-18-44(59)52-46(40)60/h5-7,9-16,28-29,33,40H,4,8,17-27,30H2,1-3H3,(H,52,59,60)(H2,49,50,51,53)/b10-5-. The van der Waals surface area contributed by atoms with Gasteiger partial charge in [-0.1, -0.05) is 54.1 Å². The molecule has 8 rings (SSSR count). The van der Waals surface area contributed by atoms with E-state index in [-0.39, 0.29) is 18.2 Å². The van der Waals surface area contributed by atoms with Crippen molar-refractivity contribution in [3.8, 4) is 5.75 Å². The maximum absolute atomic E-state index is 12.9. The quantitative estimate of drug-likeness (QED) is 0.0531. The van der Waals surface area contributed by atoms with Crippen molar-refractivity contribution in [3.05, 3.63) is 94.6 Å². The number of rotatable bonds is 14. The Bertz CT molecular complexity index is 2470. The van der Waals surface area contributed by atoms with E-state index in [0.29, 0.717) is 52.9 Å². The fourth-order valence-electron chi connectivity index (χ4n) is 9.20. The van der Waals surface area contributed by atoms with Crippen LogP contribution in [0.4, 0.5) is 28.8 Å². The lowest BCUT2D eigenvalue weighted by Crippen LogP contribution is -2.53. The molecule has 3 aromatic carbocycles. The number of allylic oxidation sites excluding steroid dienone is 1. The van der Waals surface area contributed by atoms with Gasteiger partial charge in [-0.05, 0) is 87.4 Å². The van der Waals surface area contributed by atoms with Gasteiger partial charge < -0.3 is 34.6 Å². The Morgan fingerprint density at radius 2 is 1.76 bits per heavy atom. The van der Waals surface area contributed by atoms with E-state index in [1.165, 1.54) is 6.20 Å². The number of halogens is 1. The van der Waals surface area contributed by atoms with Gasteiger partial charge in [0.1, 0.15) is 29.7 Å². The number of fused-ring (bicyclic) bond motifs is 1. The molecule has 3 saturated heterocycles. The highest BCUT2D eigenvalue weighted by molar-refractivity contribution is 7.70. The zero-order chi connectivity index (χ0) is 44.1. The van der Waals surface area contributed by atoms with Gasteiger partial charge in [0.05, 0.1) is 24.7 Å². The number of nitrogens with one attached hydrogen (secondary N) is 3. The van der Waals surface area contributed by atoms with E-state index in [1.807, 2.05) is 42.5 Å². The molecule has 14 nitrogen and oxygen atoms in total. The van der Waals surface area contributed by atoms with Gasteiger partial charge in [-0.3, -0.25) is 19.8 Å². The van der Waals surface area contributed by atoms with E-state index < -0.39 is 13.2 Å². The molecule has 4 aliphatic heterocycles. The van der Waals surface area contributed by atoms with Crippen molar-refractivity contribution in [3.63, 3.8) is 0 Å². The number of carbonyl (C=O) groups is 2. The van der Waals surface area contributed by atoms with Gasteiger partial charge in [-0.15, -0.1) is 0 Å². The molecule has 1 unspecified atom stereocenters. The van der Waals surface area contributed by atoms with Crippen LogP contribution in [0.1, 0.15) is 55.2 Å². The summed E-state index contributed by atoms with van der Waals surface area (Å²) in [6.07, 6.45) is 10.8. The fraction of sp³-hybridized carbons (Fsp3) is 0.404. The SMILES string of the molecule is COc1cc(N2CCC(N3CCN(CCC/C=C\c4cccc5c4CN(C4CCC(=O)NC4=O)C5=C=O)CC3)CC2)ccc1Nc1ncc(Cl)c(Nc2ccccc2P(C)(C)=O)n1. The number of piperidine rings is 2. The van der Waals surface area contributed by atoms with E-state index in [1.54, 1.807) is 25.3 Å². The molecule has 0 bridgehead atoms. The summed E-state index contributed by atoms with van der Waals surface area (Å²) in [5.74, 6) is 2.88. The molecule has 16 heteroatoms. The number of nitrogens with zero attached hydrogens (tertiary/aromatic N) is 6. The van der Waals surface area contributed by atoms with Crippen molar-refractivity contribution in [1.29, 1.82) is 0 Å². The minimum Gasteiger partial charge on any atom is -0.494 e. The third-order valence-electron chi connectivity index (χ3n) is 12.6. The Kier molecular flexibility index (Phi) is 13.7. The lowest BCUT2D eigenvalue weighted by molar-refractivity contribution is -0.136. The topological polar surface area (TPSA) is 152 Å². The highest BCUT2D eigenvalue weighted by Gasteiger charge is 2.38. The van der Waals surface area contributed by atoms with Gasteiger partial charge in [0.2, 0.25) is 17.8 Å². The highest BCUT2D eigenvalue weighted by atomic mass is 35.5. The lowest BCUT2D eigenvalue weighted by Gasteiger charge is -2.43. The first-order valence-electron chi connectivity index (χ1n) is 21.7. The molecule has 0 saturated carbocycles. The van der Waals surface area contributed by atoms with E-state index >= 15 is 0 Å². The summed E-state index contributed by atoms with van der Waals surface area (Å²) in [5.41, 5.74) is 5.80. The zero-order valence-electron chi connectivity index (χ0n) is 36.1. The number of imide groups is 1. The number of piperazine rings is 1. The molecule has 3 N–H and O–H groups in total. The average Bonchev–Trinajstić information content (AvgIpc) is 3.66. The Balaban J connectivity index is 0.782. The number of hydrogen-bond donors (Lipinski definition) is 3. The number of ether oxygens (including phenoxy) is 1. The molecular formula is C47H55ClN9O5P. The van der Waals surface area contributed by atoms with Crippen molar-refractivity contribution in [1.82, 2.24) is 30.0 Å². The summed E-state index contributed by atoms with van der Waals surface area (Å²) in [6.45, 7) is 11.2. The second-order valence-corrected chi connectivity index (χ2v) is 20.5. The molecule has 0 spiro atoms. The molecule has 330 valence electrons. The van der Waals surface area contributed by atoms with Crippen LogP contribution in [0.2, 0.25) is 5.02 Å². The third-order valence-corrected chi connectivity index (χ3v) is 14.4. The Morgan fingerprint density at radius 3 is 2.51 bits per heavy atom. The van der Waals surface area contributed by atoms with Crippen LogP contribution in [0.3, 0.4) is 0 Å². The summed E-state index contributed by atoms with van der Waals surface area (Å²) in [7, 11) is -0.886. The summed E-state index contributed by atoms with van der Waals surface area (Å²) in [6, 6.07) is 19.5. The Hall–Kier alpha value is -5.49. The van der Waals surface area contributed by atoms with Crippen LogP contribution >= 0.6 is 18.7 Å². The smallest absolute Gasteiger partial charge is 0.249 e. The van der Waals surface area contributed by atoms with Crippen molar-refractivity contribution < 1.29 is 23.7 Å². The predicted octanol–water partition coefficient (Wildman–Crippen LogP) is 6.75. The van der Waals surface area contributed by atoms with E-state index in [4.69, 9.17) is 16.3 Å². The Labute approximate surface area is 374 Å². The second kappa shape index (κ2) is 19.5. The Morgan fingerprint density at radius 1 is 0.968 bits per heavy atom. The normalized spacial score (nSPS) is 19.0. The van der Waals surface area contributed by atoms with Crippen molar-refractivity contribution in [2.45, 2.75) is 57.2 Å². The molecule has 1 atom stereocenters. The number of anilines is 5. The van der Waals surface area contributed by atoms with Crippen LogP contribution in [0.5, 0.6) is 5.75 Å². The summed E-state index contributed by atoms with van der Waals surface area (Å²) >= 11 is 6.49. The van der Waals surface area contributed by atoms with Crippen LogP contribution in [-0.4, -0.2) is 121 Å². The van der Waals surface area contributed by atoms with Crippen molar-refractivity contribution in [2.24, 2.45) is 0 Å². The lowest BCUT2D eigenvalue weighted by atomic mass is 10.0. The van der Waals surface area contributed by atoms with Gasteiger partial charge in [0, 0.05) is 80.9 Å². The summed E-state index contributed by atoms with van der Waals surface area (Å²) in [5, 5.41) is 10.0. The zero-order valence-corrected chi connectivity index (χ0v) is 37.8. The van der Waals surface area contributed by atoms with Crippen LogP contribution < -0.4 is 30.9 Å². The van der Waals surface area contributed by atoms with Crippen LogP contribution in [0.15, 0.2) is 72.9 Å². The number of methoxy groups -OCH3 is 1.